The number of carbonyl (C=O) groups is 2. The zero-order valence-corrected chi connectivity index (χ0v) is 20.0. The summed E-state index contributed by atoms with van der Waals surface area (Å²) < 4.78 is 20.6. The number of halogens is 3. The maximum atomic E-state index is 13.8. The van der Waals surface area contributed by atoms with Crippen molar-refractivity contribution in [2.45, 2.75) is 6.61 Å². The fourth-order valence-corrected chi connectivity index (χ4v) is 4.26. The van der Waals surface area contributed by atoms with Crippen molar-refractivity contribution < 1.29 is 23.8 Å². The lowest BCUT2D eigenvalue weighted by molar-refractivity contribution is -0.112. The fourth-order valence-electron chi connectivity index (χ4n) is 2.81. The van der Waals surface area contributed by atoms with Crippen LogP contribution in [0.2, 0.25) is 0 Å². The monoisotopic (exact) mass is 572 g/mol. The zero-order chi connectivity index (χ0) is 24.0. The van der Waals surface area contributed by atoms with Crippen LogP contribution in [0.25, 0.3) is 6.08 Å². The maximum absolute atomic E-state index is 13.8. The molecule has 0 aromatic heterocycles. The average Bonchev–Trinajstić information content (AvgIpc) is 2.78. The number of nitrogens with one attached hydrogen (secondary N) is 1. The van der Waals surface area contributed by atoms with Crippen LogP contribution in [-0.4, -0.2) is 17.0 Å². The van der Waals surface area contributed by atoms with Crippen molar-refractivity contribution in [2.24, 2.45) is 0 Å². The molecular formula is C24H15Br2FN2O4. The van der Waals surface area contributed by atoms with E-state index in [4.69, 9.17) is 9.84 Å². The lowest BCUT2D eigenvalue weighted by atomic mass is 10.1. The van der Waals surface area contributed by atoms with Gasteiger partial charge in [-0.15, -0.1) is 0 Å². The van der Waals surface area contributed by atoms with E-state index in [9.17, 15) is 19.2 Å². The van der Waals surface area contributed by atoms with Gasteiger partial charge in [-0.1, -0.05) is 24.3 Å². The molecule has 0 aliphatic carbocycles. The molecule has 0 fully saturated rings. The van der Waals surface area contributed by atoms with Gasteiger partial charge in [-0.25, -0.2) is 9.18 Å². The van der Waals surface area contributed by atoms with E-state index in [1.54, 1.807) is 30.3 Å². The smallest absolute Gasteiger partial charge is 0.335 e. The quantitative estimate of drug-likeness (QED) is 0.260. The minimum atomic E-state index is -1.13. The van der Waals surface area contributed by atoms with Gasteiger partial charge in [-0.2, -0.15) is 5.26 Å². The van der Waals surface area contributed by atoms with Gasteiger partial charge in [0.05, 0.1) is 14.5 Å². The first-order valence-corrected chi connectivity index (χ1v) is 11.0. The topological polar surface area (TPSA) is 99.4 Å². The number of nitriles is 1. The first-order chi connectivity index (χ1) is 15.8. The van der Waals surface area contributed by atoms with Crippen LogP contribution in [0.3, 0.4) is 0 Å². The van der Waals surface area contributed by atoms with Crippen LogP contribution in [0.1, 0.15) is 21.5 Å². The Balaban J connectivity index is 1.79. The number of rotatable bonds is 7. The van der Waals surface area contributed by atoms with Gasteiger partial charge in [-0.05, 0) is 79.9 Å². The summed E-state index contributed by atoms with van der Waals surface area (Å²) in [5.74, 6) is -1.76. The Morgan fingerprint density at radius 2 is 1.79 bits per heavy atom. The van der Waals surface area contributed by atoms with Crippen LogP contribution in [0, 0.1) is 17.1 Å². The summed E-state index contributed by atoms with van der Waals surface area (Å²) in [5.41, 5.74) is 0.998. The third-order valence-corrected chi connectivity index (χ3v) is 5.57. The van der Waals surface area contributed by atoms with E-state index in [0.717, 1.165) is 0 Å². The number of carboxylic acid groups (broad SMARTS) is 1. The first kappa shape index (κ1) is 24.2. The number of anilines is 1. The van der Waals surface area contributed by atoms with E-state index >= 15 is 0 Å². The second kappa shape index (κ2) is 10.9. The Morgan fingerprint density at radius 3 is 2.42 bits per heavy atom. The molecule has 0 aliphatic heterocycles. The molecule has 0 atom stereocenters. The van der Waals surface area contributed by atoms with E-state index in [0.29, 0.717) is 25.8 Å². The minimum absolute atomic E-state index is 0.00845. The lowest BCUT2D eigenvalue weighted by Gasteiger charge is -2.12. The lowest BCUT2D eigenvalue weighted by Crippen LogP contribution is -2.14. The number of aromatic carboxylic acids is 1. The van der Waals surface area contributed by atoms with Crippen molar-refractivity contribution in [3.05, 3.63) is 97.7 Å². The van der Waals surface area contributed by atoms with Crippen molar-refractivity contribution in [3.63, 3.8) is 0 Å². The van der Waals surface area contributed by atoms with E-state index in [2.05, 4.69) is 37.2 Å². The number of benzene rings is 3. The van der Waals surface area contributed by atoms with Crippen molar-refractivity contribution in [2.75, 3.05) is 5.32 Å². The minimum Gasteiger partial charge on any atom is -0.486 e. The Hall–Kier alpha value is -3.48. The molecule has 6 nitrogen and oxygen atoms in total. The molecule has 166 valence electrons. The van der Waals surface area contributed by atoms with Crippen LogP contribution in [0.4, 0.5) is 10.1 Å². The molecule has 0 saturated carbocycles. The molecule has 0 bridgehead atoms. The third kappa shape index (κ3) is 6.28. The van der Waals surface area contributed by atoms with E-state index in [1.165, 1.54) is 36.4 Å². The number of amides is 1. The normalized spacial score (nSPS) is 10.9. The molecule has 9 heteroatoms. The van der Waals surface area contributed by atoms with Gasteiger partial charge in [0.2, 0.25) is 0 Å². The van der Waals surface area contributed by atoms with Crippen molar-refractivity contribution in [1.29, 1.82) is 5.26 Å². The Morgan fingerprint density at radius 1 is 1.09 bits per heavy atom. The van der Waals surface area contributed by atoms with Gasteiger partial charge in [0.25, 0.3) is 5.91 Å². The van der Waals surface area contributed by atoms with Crippen LogP contribution in [0.5, 0.6) is 5.75 Å². The van der Waals surface area contributed by atoms with Gasteiger partial charge in [-0.3, -0.25) is 4.79 Å². The number of carbonyl (C=O) groups excluding carboxylic acids is 1. The van der Waals surface area contributed by atoms with Crippen LogP contribution < -0.4 is 10.1 Å². The Bertz CT molecular complexity index is 1280. The molecule has 0 aliphatic rings. The average molecular weight is 574 g/mol. The number of hydrogen-bond donors (Lipinski definition) is 2. The predicted molar refractivity (Wildman–Crippen MR) is 128 cm³/mol. The predicted octanol–water partition coefficient (Wildman–Crippen LogP) is 6.17. The zero-order valence-electron chi connectivity index (χ0n) is 16.8. The molecule has 3 rings (SSSR count). The van der Waals surface area contributed by atoms with Crippen LogP contribution >= 0.6 is 31.9 Å². The van der Waals surface area contributed by atoms with E-state index in [1.807, 2.05) is 6.07 Å². The van der Waals surface area contributed by atoms with Gasteiger partial charge >= 0.3 is 5.97 Å². The van der Waals surface area contributed by atoms with Gasteiger partial charge in [0.1, 0.15) is 29.8 Å². The second-order valence-corrected chi connectivity index (χ2v) is 8.41. The summed E-state index contributed by atoms with van der Waals surface area (Å²) in [5, 5.41) is 21.0. The third-order valence-electron chi connectivity index (χ3n) is 4.39. The van der Waals surface area contributed by atoms with Gasteiger partial charge in [0, 0.05) is 11.3 Å². The Labute approximate surface area is 205 Å². The second-order valence-electron chi connectivity index (χ2n) is 6.70. The molecule has 2 N–H and O–H groups in total. The van der Waals surface area contributed by atoms with Crippen molar-refractivity contribution >= 4 is 55.5 Å². The molecule has 0 radical (unpaired) electrons. The molecule has 3 aromatic rings. The molecule has 3 aromatic carbocycles. The van der Waals surface area contributed by atoms with Crippen LogP contribution in [0.15, 0.2) is 75.2 Å². The summed E-state index contributed by atoms with van der Waals surface area (Å²) in [6, 6.07) is 17.1. The van der Waals surface area contributed by atoms with E-state index in [-0.39, 0.29) is 29.2 Å². The molecule has 0 spiro atoms. The fraction of sp³-hybridized carbons (Fsp3) is 0.0417. The van der Waals surface area contributed by atoms with Crippen molar-refractivity contribution in [3.8, 4) is 11.8 Å². The van der Waals surface area contributed by atoms with Gasteiger partial charge < -0.3 is 15.2 Å². The first-order valence-electron chi connectivity index (χ1n) is 9.40. The summed E-state index contributed by atoms with van der Waals surface area (Å²) >= 11 is 6.79. The standard InChI is InChI=1S/C24H15Br2FN2O4/c25-19-9-14(10-20(26)22(19)33-13-16-4-1-2-7-21(16)27)8-17(12-28)23(30)29-18-6-3-5-15(11-18)24(31)32/h1-11H,13H2,(H,29,30)(H,31,32)/b17-8-. The highest BCUT2D eigenvalue weighted by atomic mass is 79.9. The number of ether oxygens (including phenoxy) is 1. The number of carboxylic acids is 1. The highest BCUT2D eigenvalue weighted by molar-refractivity contribution is 9.11. The Kier molecular flexibility index (Phi) is 7.98. The molecule has 33 heavy (non-hydrogen) atoms. The molecule has 1 amide bonds. The van der Waals surface area contributed by atoms with E-state index < -0.39 is 11.9 Å². The van der Waals surface area contributed by atoms with Crippen molar-refractivity contribution in [1.82, 2.24) is 0 Å². The number of nitrogens with zero attached hydrogens (tertiary/aromatic N) is 1. The van der Waals surface area contributed by atoms with Crippen LogP contribution in [-0.2, 0) is 11.4 Å². The largest absolute Gasteiger partial charge is 0.486 e. The highest BCUT2D eigenvalue weighted by Crippen LogP contribution is 2.36. The maximum Gasteiger partial charge on any atom is 0.335 e. The summed E-state index contributed by atoms with van der Waals surface area (Å²) in [6.07, 6.45) is 1.38. The number of hydrogen-bond acceptors (Lipinski definition) is 4. The molecule has 0 saturated heterocycles. The SMILES string of the molecule is N#C/C(=C/c1cc(Br)c(OCc2ccccc2F)c(Br)c1)C(=O)Nc1cccc(C(=O)O)c1. The summed E-state index contributed by atoms with van der Waals surface area (Å²) in [7, 11) is 0. The summed E-state index contributed by atoms with van der Waals surface area (Å²) in [4.78, 5) is 23.6. The highest BCUT2D eigenvalue weighted by Gasteiger charge is 2.14. The molecule has 0 heterocycles. The van der Waals surface area contributed by atoms with Gasteiger partial charge in [0.15, 0.2) is 0 Å². The molecular weight excluding hydrogens is 559 g/mol. The molecule has 0 unspecified atom stereocenters. The summed E-state index contributed by atoms with van der Waals surface area (Å²) in [6.45, 7) is 0.0142.